The second-order valence-electron chi connectivity index (χ2n) is 2.46. The van der Waals surface area contributed by atoms with E-state index in [4.69, 9.17) is 0 Å². The van der Waals surface area contributed by atoms with Gasteiger partial charge in [-0.15, -0.1) is 10.2 Å². The van der Waals surface area contributed by atoms with Crippen molar-refractivity contribution >= 4 is 49.2 Å². The van der Waals surface area contributed by atoms with Crippen LogP contribution in [0.1, 0.15) is 10.5 Å². The highest BCUT2D eigenvalue weighted by Crippen LogP contribution is 2.30. The number of amides is 1. The standard InChI is InChI=1S/C7HBr2N3O2/c8-2-1-3-4(10-6(2)9)5(13)7(14)12-11-3/h1H. The van der Waals surface area contributed by atoms with E-state index in [0.717, 1.165) is 0 Å². The molecule has 14 heavy (non-hydrogen) atoms. The number of azo groups is 1. The zero-order chi connectivity index (χ0) is 10.3. The van der Waals surface area contributed by atoms with Gasteiger partial charge >= 0.3 is 5.91 Å². The van der Waals surface area contributed by atoms with Gasteiger partial charge in [0.25, 0.3) is 5.78 Å². The van der Waals surface area contributed by atoms with Crippen molar-refractivity contribution in [2.24, 2.45) is 10.2 Å². The van der Waals surface area contributed by atoms with E-state index in [0.29, 0.717) is 14.8 Å². The molecule has 1 amide bonds. The fraction of sp³-hybridized carbons (Fsp3) is 0. The number of hydrogen-bond donors (Lipinski definition) is 0. The average molecular weight is 319 g/mol. The molecule has 0 radical (unpaired) electrons. The summed E-state index contributed by atoms with van der Waals surface area (Å²) in [7, 11) is 0. The van der Waals surface area contributed by atoms with E-state index in [2.05, 4.69) is 47.1 Å². The van der Waals surface area contributed by atoms with Crippen LogP contribution in [0.2, 0.25) is 0 Å². The Morgan fingerprint density at radius 3 is 2.57 bits per heavy atom. The lowest BCUT2D eigenvalue weighted by Gasteiger charge is -2.06. The molecule has 5 nitrogen and oxygen atoms in total. The summed E-state index contributed by atoms with van der Waals surface area (Å²) in [5.41, 5.74) is 0.324. The highest BCUT2D eigenvalue weighted by molar-refractivity contribution is 9.13. The van der Waals surface area contributed by atoms with Crippen molar-refractivity contribution < 1.29 is 9.59 Å². The second-order valence-corrected chi connectivity index (χ2v) is 4.07. The first kappa shape index (κ1) is 9.60. The summed E-state index contributed by atoms with van der Waals surface area (Å²) in [6, 6.07) is 1.57. The Morgan fingerprint density at radius 2 is 1.86 bits per heavy atom. The van der Waals surface area contributed by atoms with Crippen LogP contribution in [-0.2, 0) is 4.79 Å². The normalized spacial score (nSPS) is 14.4. The maximum Gasteiger partial charge on any atom is 0.338 e. The lowest BCUT2D eigenvalue weighted by Crippen LogP contribution is -2.16. The molecule has 0 saturated heterocycles. The number of halogens is 2. The molecule has 1 aliphatic rings. The third-order valence-electron chi connectivity index (χ3n) is 1.57. The number of Topliss-reactive ketones (excluding diaryl/α,β-unsaturated/α-hetero) is 1. The number of hydrogen-bond acceptors (Lipinski definition) is 4. The van der Waals surface area contributed by atoms with Crippen molar-refractivity contribution in [1.82, 2.24) is 4.98 Å². The Balaban J connectivity index is 2.70. The molecule has 0 aromatic carbocycles. The molecule has 70 valence electrons. The zero-order valence-electron chi connectivity index (χ0n) is 6.49. The van der Waals surface area contributed by atoms with E-state index < -0.39 is 11.7 Å². The van der Waals surface area contributed by atoms with Gasteiger partial charge in [0.1, 0.15) is 16.0 Å². The molecule has 1 aromatic rings. The zero-order valence-corrected chi connectivity index (χ0v) is 9.66. The van der Waals surface area contributed by atoms with E-state index in [1.165, 1.54) is 0 Å². The Hall–Kier alpha value is -0.950. The summed E-state index contributed by atoms with van der Waals surface area (Å²) in [4.78, 5) is 26.0. The molecule has 0 fully saturated rings. The monoisotopic (exact) mass is 317 g/mol. The molecule has 0 aliphatic carbocycles. The maximum absolute atomic E-state index is 11.3. The average Bonchev–Trinajstić information content (AvgIpc) is 2.15. The molecule has 2 heterocycles. The van der Waals surface area contributed by atoms with Gasteiger partial charge in [0.05, 0.1) is 4.47 Å². The van der Waals surface area contributed by atoms with E-state index in [1.807, 2.05) is 0 Å². The first-order valence-electron chi connectivity index (χ1n) is 3.46. The summed E-state index contributed by atoms with van der Waals surface area (Å²) in [5, 5.41) is 6.75. The largest absolute Gasteiger partial charge is 0.338 e. The van der Waals surface area contributed by atoms with E-state index in [-0.39, 0.29) is 5.69 Å². The van der Waals surface area contributed by atoms with Crippen molar-refractivity contribution in [1.29, 1.82) is 0 Å². The number of ketones is 1. The number of carbonyl (C=O) groups excluding carboxylic acids is 2. The van der Waals surface area contributed by atoms with E-state index >= 15 is 0 Å². The molecular formula is C7HBr2N3O2. The van der Waals surface area contributed by atoms with Crippen LogP contribution in [0.15, 0.2) is 25.4 Å². The SMILES string of the molecule is O=C1N=Nc2cc(Br)c(Br)nc2C1=O. The summed E-state index contributed by atoms with van der Waals surface area (Å²) in [6.45, 7) is 0. The minimum Gasteiger partial charge on any atom is -0.281 e. The second kappa shape index (κ2) is 3.32. The van der Waals surface area contributed by atoms with Crippen LogP contribution < -0.4 is 0 Å². The molecule has 0 atom stereocenters. The lowest BCUT2D eigenvalue weighted by molar-refractivity contribution is -0.114. The maximum atomic E-state index is 11.3. The smallest absolute Gasteiger partial charge is 0.281 e. The van der Waals surface area contributed by atoms with Gasteiger partial charge in [0.15, 0.2) is 0 Å². The summed E-state index contributed by atoms with van der Waals surface area (Å²) < 4.78 is 1.10. The van der Waals surface area contributed by atoms with Crippen molar-refractivity contribution in [3.63, 3.8) is 0 Å². The molecule has 0 unspecified atom stereocenters. The van der Waals surface area contributed by atoms with Crippen LogP contribution in [0.4, 0.5) is 5.69 Å². The molecule has 0 spiro atoms. The Morgan fingerprint density at radius 1 is 1.14 bits per heavy atom. The van der Waals surface area contributed by atoms with E-state index in [9.17, 15) is 9.59 Å². The molecular weight excluding hydrogens is 318 g/mol. The number of fused-ring (bicyclic) bond motifs is 1. The fourth-order valence-electron chi connectivity index (χ4n) is 0.946. The van der Waals surface area contributed by atoms with Crippen LogP contribution in [-0.4, -0.2) is 16.7 Å². The molecule has 0 N–H and O–H groups in total. The first-order chi connectivity index (χ1) is 6.59. The van der Waals surface area contributed by atoms with Gasteiger partial charge in [0, 0.05) is 0 Å². The minimum absolute atomic E-state index is 0.0278. The van der Waals surface area contributed by atoms with Gasteiger partial charge in [-0.05, 0) is 37.9 Å². The van der Waals surface area contributed by atoms with Crippen molar-refractivity contribution in [2.75, 3.05) is 0 Å². The Labute approximate surface area is 94.9 Å². The van der Waals surface area contributed by atoms with Crippen molar-refractivity contribution in [2.45, 2.75) is 0 Å². The molecule has 7 heteroatoms. The topological polar surface area (TPSA) is 71.8 Å². The van der Waals surface area contributed by atoms with Gasteiger partial charge in [-0.3, -0.25) is 9.59 Å². The molecule has 1 aromatic heterocycles. The molecule has 1 aliphatic heterocycles. The highest BCUT2D eigenvalue weighted by atomic mass is 79.9. The third kappa shape index (κ3) is 1.42. The Kier molecular flexibility index (Phi) is 2.28. The van der Waals surface area contributed by atoms with E-state index in [1.54, 1.807) is 6.07 Å². The van der Waals surface area contributed by atoms with Crippen LogP contribution >= 0.6 is 31.9 Å². The molecule has 2 rings (SSSR count). The molecule has 0 bridgehead atoms. The summed E-state index contributed by atoms with van der Waals surface area (Å²) in [6.07, 6.45) is 0. The van der Waals surface area contributed by atoms with Crippen LogP contribution in [0.25, 0.3) is 0 Å². The van der Waals surface area contributed by atoms with Gasteiger partial charge in [-0.2, -0.15) is 0 Å². The highest BCUT2D eigenvalue weighted by Gasteiger charge is 2.26. The van der Waals surface area contributed by atoms with Gasteiger partial charge in [0.2, 0.25) is 0 Å². The van der Waals surface area contributed by atoms with Crippen LogP contribution in [0.3, 0.4) is 0 Å². The van der Waals surface area contributed by atoms with Crippen molar-refractivity contribution in [3.8, 4) is 0 Å². The quantitative estimate of drug-likeness (QED) is 0.544. The van der Waals surface area contributed by atoms with Gasteiger partial charge in [-0.1, -0.05) is 0 Å². The summed E-state index contributed by atoms with van der Waals surface area (Å²) >= 11 is 6.33. The number of pyridine rings is 1. The third-order valence-corrected chi connectivity index (χ3v) is 3.31. The number of rotatable bonds is 0. The lowest BCUT2D eigenvalue weighted by atomic mass is 10.2. The predicted molar refractivity (Wildman–Crippen MR) is 53.5 cm³/mol. The number of nitrogens with zero attached hydrogens (tertiary/aromatic N) is 3. The van der Waals surface area contributed by atoms with Gasteiger partial charge < -0.3 is 0 Å². The van der Waals surface area contributed by atoms with Crippen LogP contribution in [0.5, 0.6) is 0 Å². The van der Waals surface area contributed by atoms with Crippen LogP contribution in [0, 0.1) is 0 Å². The predicted octanol–water partition coefficient (Wildman–Crippen LogP) is 2.41. The Bertz CT molecular complexity index is 484. The first-order valence-corrected chi connectivity index (χ1v) is 5.04. The number of carbonyl (C=O) groups is 2. The van der Waals surface area contributed by atoms with Crippen molar-refractivity contribution in [3.05, 3.63) is 20.8 Å². The summed E-state index contributed by atoms with van der Waals surface area (Å²) in [5.74, 6) is -1.62. The fourth-order valence-corrected chi connectivity index (χ4v) is 1.54. The number of aromatic nitrogens is 1. The minimum atomic E-state index is -0.890. The molecule has 0 saturated carbocycles. The van der Waals surface area contributed by atoms with Gasteiger partial charge in [-0.25, -0.2) is 4.98 Å².